The van der Waals surface area contributed by atoms with Crippen LogP contribution in [-0.4, -0.2) is 37.2 Å². The van der Waals surface area contributed by atoms with Gasteiger partial charge in [-0.3, -0.25) is 14.4 Å². The van der Waals surface area contributed by atoms with Gasteiger partial charge in [-0.15, -0.1) is 0 Å². The highest BCUT2D eigenvalue weighted by Crippen LogP contribution is 2.19. The molecule has 0 aromatic carbocycles. The lowest BCUT2D eigenvalue weighted by Crippen LogP contribution is -2.30. The number of esters is 3. The molecule has 1 unspecified atom stereocenters. The van der Waals surface area contributed by atoms with Gasteiger partial charge in [0.25, 0.3) is 0 Å². The Morgan fingerprint density at radius 3 is 0.735 bits per heavy atom. The van der Waals surface area contributed by atoms with Crippen molar-refractivity contribution in [3.63, 3.8) is 0 Å². The first-order valence-electron chi connectivity index (χ1n) is 36.4. The molecular formula is C77H138O6. The molecule has 0 fully saturated rings. The fourth-order valence-electron chi connectivity index (χ4n) is 10.8. The van der Waals surface area contributed by atoms with E-state index >= 15 is 0 Å². The molecule has 0 saturated heterocycles. The number of hydrogen-bond donors (Lipinski definition) is 0. The number of ether oxygens (including phenoxy) is 3. The maximum absolute atomic E-state index is 12.9. The van der Waals surface area contributed by atoms with Crippen LogP contribution in [0.4, 0.5) is 0 Å². The summed E-state index contributed by atoms with van der Waals surface area (Å²) in [7, 11) is 0. The van der Waals surface area contributed by atoms with Crippen LogP contribution in [0.3, 0.4) is 0 Å². The van der Waals surface area contributed by atoms with Crippen molar-refractivity contribution in [1.29, 1.82) is 0 Å². The van der Waals surface area contributed by atoms with Gasteiger partial charge >= 0.3 is 17.9 Å². The molecule has 482 valence electrons. The Morgan fingerprint density at radius 1 is 0.253 bits per heavy atom. The molecule has 0 aliphatic carbocycles. The lowest BCUT2D eigenvalue weighted by atomic mass is 10.0. The number of allylic oxidation sites excluding steroid dienone is 12. The first kappa shape index (κ1) is 79.8. The van der Waals surface area contributed by atoms with Crippen LogP contribution in [0.25, 0.3) is 0 Å². The predicted octanol–water partition coefficient (Wildman–Crippen LogP) is 25.2. The Morgan fingerprint density at radius 2 is 0.470 bits per heavy atom. The van der Waals surface area contributed by atoms with Crippen molar-refractivity contribution in [3.8, 4) is 0 Å². The van der Waals surface area contributed by atoms with Crippen molar-refractivity contribution in [2.75, 3.05) is 13.2 Å². The molecule has 0 rings (SSSR count). The zero-order chi connectivity index (χ0) is 59.9. The summed E-state index contributed by atoms with van der Waals surface area (Å²) in [5, 5.41) is 0. The second-order valence-corrected chi connectivity index (χ2v) is 24.5. The Labute approximate surface area is 516 Å². The summed E-state index contributed by atoms with van der Waals surface area (Å²) >= 11 is 0. The summed E-state index contributed by atoms with van der Waals surface area (Å²) in [4.78, 5) is 38.3. The normalized spacial score (nSPS) is 12.5. The van der Waals surface area contributed by atoms with E-state index in [9.17, 15) is 14.4 Å². The van der Waals surface area contributed by atoms with Gasteiger partial charge in [0.15, 0.2) is 6.10 Å². The minimum Gasteiger partial charge on any atom is -0.462 e. The van der Waals surface area contributed by atoms with Gasteiger partial charge in [-0.1, -0.05) is 363 Å². The van der Waals surface area contributed by atoms with E-state index in [1.807, 2.05) is 0 Å². The lowest BCUT2D eigenvalue weighted by molar-refractivity contribution is -0.167. The van der Waals surface area contributed by atoms with Crippen LogP contribution in [0.1, 0.15) is 380 Å². The standard InChI is InChI=1S/C77H138O6/c1-4-7-10-13-16-19-22-24-26-28-30-32-34-35-36-37-38-39-40-41-42-44-45-47-49-51-53-55-58-61-64-67-70-76(79)82-73-74(72-81-75(78)69-66-63-60-57-21-18-15-12-9-6-3)83-77(80)71-68-65-62-59-56-54-52-50-48-46-43-33-31-29-27-25-23-20-17-14-11-8-5-2/h8,11,17,20,25,27,31,33,46,48,52,54,74H,4-7,9-10,12-16,18-19,21-24,26,28-30,32,34-45,47,49-51,53,55-73H2,1-3H3/b11-8-,20-17-,27-25-,33-31-,48-46-,54-52-. The van der Waals surface area contributed by atoms with E-state index in [0.29, 0.717) is 19.3 Å². The first-order chi connectivity index (χ1) is 41.0. The molecule has 0 saturated carbocycles. The highest BCUT2D eigenvalue weighted by molar-refractivity contribution is 5.71. The Hall–Kier alpha value is -3.15. The summed E-state index contributed by atoms with van der Waals surface area (Å²) in [6, 6.07) is 0. The van der Waals surface area contributed by atoms with Crippen LogP contribution >= 0.6 is 0 Å². The molecule has 0 aliphatic heterocycles. The average molecular weight is 1160 g/mol. The van der Waals surface area contributed by atoms with E-state index in [1.54, 1.807) is 0 Å². The first-order valence-corrected chi connectivity index (χ1v) is 36.4. The molecule has 83 heavy (non-hydrogen) atoms. The maximum Gasteiger partial charge on any atom is 0.306 e. The average Bonchev–Trinajstić information content (AvgIpc) is 3.48. The molecule has 0 bridgehead atoms. The molecule has 0 N–H and O–H groups in total. The topological polar surface area (TPSA) is 78.9 Å². The molecule has 0 aromatic rings. The monoisotopic (exact) mass is 1160 g/mol. The zero-order valence-electron chi connectivity index (χ0n) is 55.5. The van der Waals surface area contributed by atoms with Gasteiger partial charge in [-0.2, -0.15) is 0 Å². The van der Waals surface area contributed by atoms with Gasteiger partial charge in [-0.05, 0) is 70.6 Å². The molecule has 0 heterocycles. The van der Waals surface area contributed by atoms with Crippen molar-refractivity contribution in [1.82, 2.24) is 0 Å². The minimum atomic E-state index is -0.788. The molecule has 0 aliphatic rings. The van der Waals surface area contributed by atoms with Crippen LogP contribution in [0.5, 0.6) is 0 Å². The van der Waals surface area contributed by atoms with Crippen molar-refractivity contribution in [2.24, 2.45) is 0 Å². The highest BCUT2D eigenvalue weighted by Gasteiger charge is 2.19. The second-order valence-electron chi connectivity index (χ2n) is 24.5. The molecule has 0 amide bonds. The van der Waals surface area contributed by atoms with Gasteiger partial charge in [0.2, 0.25) is 0 Å². The highest BCUT2D eigenvalue weighted by atomic mass is 16.6. The van der Waals surface area contributed by atoms with E-state index in [4.69, 9.17) is 14.2 Å². The zero-order valence-corrected chi connectivity index (χ0v) is 55.5. The number of carbonyl (C=O) groups is 3. The van der Waals surface area contributed by atoms with E-state index in [0.717, 1.165) is 109 Å². The summed E-state index contributed by atoms with van der Waals surface area (Å²) in [6.45, 7) is 6.55. The van der Waals surface area contributed by atoms with Crippen LogP contribution in [0.15, 0.2) is 72.9 Å². The van der Waals surface area contributed by atoms with Crippen LogP contribution in [0, 0.1) is 0 Å². The quantitative estimate of drug-likeness (QED) is 0.0261. The number of hydrogen-bond acceptors (Lipinski definition) is 6. The van der Waals surface area contributed by atoms with Gasteiger partial charge < -0.3 is 14.2 Å². The molecule has 1 atom stereocenters. The van der Waals surface area contributed by atoms with Crippen molar-refractivity contribution < 1.29 is 28.6 Å². The van der Waals surface area contributed by atoms with Gasteiger partial charge in [0.1, 0.15) is 13.2 Å². The Bertz CT molecular complexity index is 1520. The summed E-state index contributed by atoms with van der Waals surface area (Å²) in [5.74, 6) is -0.888. The van der Waals surface area contributed by atoms with Gasteiger partial charge in [-0.25, -0.2) is 0 Å². The third kappa shape index (κ3) is 69.5. The summed E-state index contributed by atoms with van der Waals surface area (Å²) < 4.78 is 16.9. The van der Waals surface area contributed by atoms with Crippen molar-refractivity contribution in [2.45, 2.75) is 386 Å². The Balaban J connectivity index is 4.14. The minimum absolute atomic E-state index is 0.0816. The third-order valence-electron chi connectivity index (χ3n) is 16.2. The lowest BCUT2D eigenvalue weighted by Gasteiger charge is -2.18. The molecule has 0 radical (unpaired) electrons. The van der Waals surface area contributed by atoms with E-state index in [-0.39, 0.29) is 31.1 Å². The number of unbranched alkanes of at least 4 members (excludes halogenated alkanes) is 44. The predicted molar refractivity (Wildman–Crippen MR) is 362 cm³/mol. The number of rotatable bonds is 67. The summed E-state index contributed by atoms with van der Waals surface area (Å²) in [6.07, 6.45) is 93.9. The van der Waals surface area contributed by atoms with E-state index in [1.165, 1.54) is 231 Å². The third-order valence-corrected chi connectivity index (χ3v) is 16.2. The summed E-state index contributed by atoms with van der Waals surface area (Å²) in [5.41, 5.74) is 0. The van der Waals surface area contributed by atoms with Crippen LogP contribution < -0.4 is 0 Å². The van der Waals surface area contributed by atoms with Gasteiger partial charge in [0, 0.05) is 19.3 Å². The van der Waals surface area contributed by atoms with Crippen LogP contribution in [-0.2, 0) is 28.6 Å². The van der Waals surface area contributed by atoms with E-state index < -0.39 is 6.10 Å². The fraction of sp³-hybridized carbons (Fsp3) is 0.805. The Kier molecular flexibility index (Phi) is 68.6. The SMILES string of the molecule is CC/C=C\C/C=C\C/C=C\C/C=C\C/C=C\C/C=C\CCCCCCC(=O)OC(COC(=O)CCCCCCCCCCCC)COC(=O)CCCCCCCCCCCCCCCCCCCCCCCCCCCCCCCCCC. The second kappa shape index (κ2) is 71.3. The van der Waals surface area contributed by atoms with Gasteiger partial charge in [0.05, 0.1) is 0 Å². The number of carbonyl (C=O) groups excluding carboxylic acids is 3. The molecule has 6 heteroatoms. The van der Waals surface area contributed by atoms with E-state index in [2.05, 4.69) is 93.7 Å². The molecule has 0 spiro atoms. The smallest absolute Gasteiger partial charge is 0.306 e. The molecular weight excluding hydrogens is 1020 g/mol. The molecule has 0 aromatic heterocycles. The fourth-order valence-corrected chi connectivity index (χ4v) is 10.8. The van der Waals surface area contributed by atoms with Crippen molar-refractivity contribution in [3.05, 3.63) is 72.9 Å². The van der Waals surface area contributed by atoms with Crippen molar-refractivity contribution >= 4 is 17.9 Å². The molecule has 6 nitrogen and oxygen atoms in total. The maximum atomic E-state index is 12.9. The van der Waals surface area contributed by atoms with Crippen LogP contribution in [0.2, 0.25) is 0 Å². The largest absolute Gasteiger partial charge is 0.462 e.